The average Bonchev–Trinajstić information content (AvgIpc) is 2.83. The first-order valence-corrected chi connectivity index (χ1v) is 6.12. The molecule has 4 nitrogen and oxygen atoms in total. The Bertz CT molecular complexity index is 575. The minimum atomic E-state index is -0.756. The Morgan fingerprint density at radius 3 is 2.83 bits per heavy atom. The lowest BCUT2D eigenvalue weighted by molar-refractivity contribution is -0.139. The van der Waals surface area contributed by atoms with Crippen LogP contribution in [0.2, 0.25) is 0 Å². The van der Waals surface area contributed by atoms with Gasteiger partial charge in [-0.05, 0) is 37.0 Å². The third-order valence-electron chi connectivity index (χ3n) is 3.45. The van der Waals surface area contributed by atoms with E-state index in [2.05, 4.69) is 5.10 Å². The predicted molar refractivity (Wildman–Crippen MR) is 66.9 cm³/mol. The van der Waals surface area contributed by atoms with Crippen molar-refractivity contribution in [3.63, 3.8) is 0 Å². The Balaban J connectivity index is 2.13. The Labute approximate surface area is 105 Å². The monoisotopic (exact) mass is 242 g/mol. The second-order valence-corrected chi connectivity index (χ2v) is 4.59. The second kappa shape index (κ2) is 4.29. The lowest BCUT2D eigenvalue weighted by Crippen LogP contribution is -2.20. The third kappa shape index (κ3) is 1.70. The molecule has 1 aliphatic rings. The molecule has 0 bridgehead atoms. The quantitative estimate of drug-likeness (QED) is 0.879. The maximum atomic E-state index is 11.4. The van der Waals surface area contributed by atoms with Gasteiger partial charge in [0.25, 0.3) is 0 Å². The van der Waals surface area contributed by atoms with E-state index in [0.29, 0.717) is 6.42 Å². The van der Waals surface area contributed by atoms with Crippen LogP contribution in [-0.2, 0) is 11.2 Å². The van der Waals surface area contributed by atoms with Gasteiger partial charge in [0.05, 0.1) is 23.5 Å². The smallest absolute Gasteiger partial charge is 0.312 e. The van der Waals surface area contributed by atoms with E-state index in [1.165, 1.54) is 0 Å². The number of aryl methyl sites for hydroxylation is 1. The van der Waals surface area contributed by atoms with Crippen molar-refractivity contribution in [2.24, 2.45) is 0 Å². The zero-order valence-electron chi connectivity index (χ0n) is 9.91. The molecule has 0 amide bonds. The van der Waals surface area contributed by atoms with Crippen LogP contribution in [0.3, 0.4) is 0 Å². The van der Waals surface area contributed by atoms with E-state index >= 15 is 0 Å². The van der Waals surface area contributed by atoms with E-state index in [1.54, 1.807) is 10.9 Å². The molecule has 0 saturated heterocycles. The van der Waals surface area contributed by atoms with E-state index in [-0.39, 0.29) is 0 Å². The van der Waals surface area contributed by atoms with Crippen molar-refractivity contribution in [3.05, 3.63) is 47.8 Å². The van der Waals surface area contributed by atoms with Crippen LogP contribution in [0.4, 0.5) is 0 Å². The molecule has 1 unspecified atom stereocenters. The summed E-state index contributed by atoms with van der Waals surface area (Å²) < 4.78 is 1.77. The molecular weight excluding hydrogens is 228 g/mol. The molecule has 0 spiro atoms. The van der Waals surface area contributed by atoms with Gasteiger partial charge in [0.2, 0.25) is 0 Å². The topological polar surface area (TPSA) is 55.1 Å². The standard InChI is InChI=1S/C14H14N2O2/c17-14(18)12-8-4-5-10-9-15-16(13(10)12)11-6-2-1-3-7-11/h1-3,6-7,9,12H,4-5,8H2,(H,17,18). The van der Waals surface area contributed by atoms with Gasteiger partial charge in [-0.15, -0.1) is 0 Å². The van der Waals surface area contributed by atoms with Gasteiger partial charge in [0.15, 0.2) is 0 Å². The summed E-state index contributed by atoms with van der Waals surface area (Å²) in [6.45, 7) is 0. The summed E-state index contributed by atoms with van der Waals surface area (Å²) in [4.78, 5) is 11.4. The molecule has 0 fully saturated rings. The van der Waals surface area contributed by atoms with Crippen molar-refractivity contribution < 1.29 is 9.90 Å². The number of rotatable bonds is 2. The summed E-state index contributed by atoms with van der Waals surface area (Å²) >= 11 is 0. The number of carboxylic acids is 1. The van der Waals surface area contributed by atoms with Crippen molar-refractivity contribution in [3.8, 4) is 5.69 Å². The number of carbonyl (C=O) groups is 1. The average molecular weight is 242 g/mol. The number of aromatic nitrogens is 2. The van der Waals surface area contributed by atoms with Gasteiger partial charge < -0.3 is 5.11 Å². The number of fused-ring (bicyclic) bond motifs is 1. The predicted octanol–water partition coefficient (Wildman–Crippen LogP) is 2.38. The normalized spacial score (nSPS) is 18.3. The number of nitrogens with zero attached hydrogens (tertiary/aromatic N) is 2. The molecular formula is C14H14N2O2. The Morgan fingerprint density at radius 2 is 2.11 bits per heavy atom. The second-order valence-electron chi connectivity index (χ2n) is 4.59. The zero-order valence-corrected chi connectivity index (χ0v) is 9.91. The SMILES string of the molecule is O=C(O)C1CCCc2cnn(-c3ccccc3)c21. The number of aliphatic carboxylic acids is 1. The van der Waals surface area contributed by atoms with E-state index < -0.39 is 11.9 Å². The number of para-hydroxylation sites is 1. The number of carboxylic acid groups (broad SMARTS) is 1. The van der Waals surface area contributed by atoms with Crippen LogP contribution in [0, 0.1) is 0 Å². The molecule has 2 aromatic rings. The fraction of sp³-hybridized carbons (Fsp3) is 0.286. The van der Waals surface area contributed by atoms with E-state index in [9.17, 15) is 9.90 Å². The molecule has 1 aliphatic carbocycles. The lowest BCUT2D eigenvalue weighted by atomic mass is 9.88. The summed E-state index contributed by atoms with van der Waals surface area (Å²) in [7, 11) is 0. The Kier molecular flexibility index (Phi) is 2.63. The molecule has 0 radical (unpaired) electrons. The van der Waals surface area contributed by atoms with Crippen LogP contribution in [0.5, 0.6) is 0 Å². The number of benzene rings is 1. The maximum Gasteiger partial charge on any atom is 0.312 e. The van der Waals surface area contributed by atoms with Crippen molar-refractivity contribution in [1.29, 1.82) is 0 Å². The fourth-order valence-electron chi connectivity index (χ4n) is 2.60. The first-order chi connectivity index (χ1) is 8.77. The van der Waals surface area contributed by atoms with Crippen molar-refractivity contribution >= 4 is 5.97 Å². The Morgan fingerprint density at radius 1 is 1.33 bits per heavy atom. The van der Waals surface area contributed by atoms with Crippen LogP contribution in [0.25, 0.3) is 5.69 Å². The van der Waals surface area contributed by atoms with Gasteiger partial charge in [-0.25, -0.2) is 4.68 Å². The van der Waals surface area contributed by atoms with E-state index in [4.69, 9.17) is 0 Å². The highest BCUT2D eigenvalue weighted by Crippen LogP contribution is 2.33. The number of hydrogen-bond donors (Lipinski definition) is 1. The molecule has 4 heteroatoms. The van der Waals surface area contributed by atoms with Crippen molar-refractivity contribution in [1.82, 2.24) is 9.78 Å². The van der Waals surface area contributed by atoms with Crippen LogP contribution in [0.15, 0.2) is 36.5 Å². The van der Waals surface area contributed by atoms with Crippen LogP contribution < -0.4 is 0 Å². The zero-order chi connectivity index (χ0) is 12.5. The van der Waals surface area contributed by atoms with Gasteiger partial charge in [0, 0.05) is 0 Å². The highest BCUT2D eigenvalue weighted by Gasteiger charge is 2.30. The van der Waals surface area contributed by atoms with Crippen LogP contribution in [-0.4, -0.2) is 20.9 Å². The molecule has 3 rings (SSSR count). The maximum absolute atomic E-state index is 11.4. The highest BCUT2D eigenvalue weighted by molar-refractivity contribution is 5.76. The minimum Gasteiger partial charge on any atom is -0.481 e. The molecule has 1 heterocycles. The Hall–Kier alpha value is -2.10. The summed E-state index contributed by atoms with van der Waals surface area (Å²) in [5.41, 5.74) is 2.84. The van der Waals surface area contributed by atoms with Gasteiger partial charge in [-0.3, -0.25) is 4.79 Å². The third-order valence-corrected chi connectivity index (χ3v) is 3.45. The molecule has 0 saturated carbocycles. The lowest BCUT2D eigenvalue weighted by Gasteiger charge is -2.20. The van der Waals surface area contributed by atoms with Crippen molar-refractivity contribution in [2.45, 2.75) is 25.2 Å². The molecule has 18 heavy (non-hydrogen) atoms. The van der Waals surface area contributed by atoms with Gasteiger partial charge in [-0.2, -0.15) is 5.10 Å². The van der Waals surface area contributed by atoms with Gasteiger partial charge >= 0.3 is 5.97 Å². The summed E-state index contributed by atoms with van der Waals surface area (Å²) in [5, 5.41) is 13.7. The summed E-state index contributed by atoms with van der Waals surface area (Å²) in [6.07, 6.45) is 4.34. The van der Waals surface area contributed by atoms with E-state index in [1.807, 2.05) is 30.3 Å². The molecule has 1 aromatic carbocycles. The van der Waals surface area contributed by atoms with Crippen LogP contribution in [0.1, 0.15) is 30.0 Å². The van der Waals surface area contributed by atoms with Gasteiger partial charge in [0.1, 0.15) is 0 Å². The highest BCUT2D eigenvalue weighted by atomic mass is 16.4. The molecule has 1 atom stereocenters. The van der Waals surface area contributed by atoms with Crippen LogP contribution >= 0.6 is 0 Å². The largest absolute Gasteiger partial charge is 0.481 e. The molecule has 1 N–H and O–H groups in total. The molecule has 0 aliphatic heterocycles. The summed E-state index contributed by atoms with van der Waals surface area (Å²) in [5.74, 6) is -1.19. The fourth-order valence-corrected chi connectivity index (χ4v) is 2.60. The van der Waals surface area contributed by atoms with Crippen molar-refractivity contribution in [2.75, 3.05) is 0 Å². The number of hydrogen-bond acceptors (Lipinski definition) is 2. The van der Waals surface area contributed by atoms with Gasteiger partial charge in [-0.1, -0.05) is 18.2 Å². The molecule has 1 aromatic heterocycles. The molecule has 92 valence electrons. The minimum absolute atomic E-state index is 0.434. The van der Waals surface area contributed by atoms with E-state index in [0.717, 1.165) is 29.8 Å². The summed E-state index contributed by atoms with van der Waals surface area (Å²) in [6, 6.07) is 9.69. The first-order valence-electron chi connectivity index (χ1n) is 6.12. The first kappa shape index (κ1) is 11.0.